The van der Waals surface area contributed by atoms with Crippen LogP contribution in [0.5, 0.6) is 11.5 Å². The molecule has 0 spiro atoms. The molecule has 0 bridgehead atoms. The number of aromatic nitrogens is 4. The summed E-state index contributed by atoms with van der Waals surface area (Å²) >= 11 is 0. The molecule has 14 rings (SSSR count). The minimum Gasteiger partial charge on any atom is -0.458 e. The molecular formula is C85H74N4O. The van der Waals surface area contributed by atoms with E-state index in [1.165, 1.54) is 18.3 Å². The predicted octanol–water partition coefficient (Wildman–Crippen LogP) is 22.2. The molecule has 0 saturated carbocycles. The number of aryl methyl sites for hydroxylation is 1. The average Bonchev–Trinajstić information content (AvgIpc) is 1.43. The van der Waals surface area contributed by atoms with Crippen LogP contribution >= 0.6 is 0 Å². The number of ether oxygens (including phenoxy) is 1. The fraction of sp³-hybridized carbons (Fsp3) is 0.153. The van der Waals surface area contributed by atoms with E-state index in [1.54, 1.807) is 12.1 Å². The Morgan fingerprint density at radius 2 is 1.00 bits per heavy atom. The van der Waals surface area contributed by atoms with Gasteiger partial charge in [-0.3, -0.25) is 13.7 Å². The first-order valence-corrected chi connectivity index (χ1v) is 29.9. The standard InChI is InChI=1S/C85H74N4O/c1-56-43-81(86-54-76(56)59-29-18-13-19-30-59)89-77-38-21-20-35-74(77)75-41-40-71(53-79(75)89)90-70-34-23-33-69(52-70)87-55-88(78-42-39-60(50-80(78)87)64-48-67(84(5,6)7)51-68(49-64)85(8,9)10)82-72(61-31-22-32-66(47-61)83(2,3)4)36-24-37-73(82)65-45-62(57-25-14-11-15-26-57)44-63(46-65)58-27-16-12-17-28-58/h11-54H,1-10H3/i1D3,11D,12D,13D,14D,15D,16D,17D,18D,19D,25D,26D,27D,28D,29D,30D. The molecule has 0 atom stereocenters. The molecule has 5 nitrogen and oxygen atoms in total. The van der Waals surface area contributed by atoms with Crippen molar-refractivity contribution in [2.45, 2.75) is 85.4 Å². The molecule has 0 amide bonds. The normalized spacial score (nSPS) is 15.1. The Morgan fingerprint density at radius 1 is 0.422 bits per heavy atom. The van der Waals surface area contributed by atoms with Crippen LogP contribution in [0.1, 0.15) is 109 Å². The lowest BCUT2D eigenvalue weighted by atomic mass is 9.79. The van der Waals surface area contributed by atoms with Gasteiger partial charge in [0.1, 0.15) is 17.3 Å². The molecule has 0 N–H and O–H groups in total. The number of para-hydroxylation sites is 2. The van der Waals surface area contributed by atoms with E-state index in [1.807, 2.05) is 111 Å². The van der Waals surface area contributed by atoms with E-state index < -0.39 is 97.5 Å². The van der Waals surface area contributed by atoms with Crippen LogP contribution in [-0.4, -0.2) is 14.1 Å². The van der Waals surface area contributed by atoms with Crippen molar-refractivity contribution >= 4 is 32.8 Å². The lowest BCUT2D eigenvalue weighted by Gasteiger charge is -2.26. The third-order valence-electron chi connectivity index (χ3n) is 16.6. The minimum atomic E-state index is -2.83. The maximum atomic E-state index is 9.29. The molecule has 440 valence electrons. The topological polar surface area (TPSA) is 35.9 Å². The van der Waals surface area contributed by atoms with E-state index >= 15 is 0 Å². The van der Waals surface area contributed by atoms with E-state index in [2.05, 4.69) is 117 Å². The summed E-state index contributed by atoms with van der Waals surface area (Å²) in [4.78, 5) is 4.78. The van der Waals surface area contributed by atoms with Crippen LogP contribution in [0.3, 0.4) is 0 Å². The zero-order chi connectivity index (χ0) is 77.6. The predicted molar refractivity (Wildman–Crippen MR) is 376 cm³/mol. The van der Waals surface area contributed by atoms with Gasteiger partial charge in [-0.1, -0.05) is 250 Å². The fourth-order valence-electron chi connectivity index (χ4n) is 11.8. The summed E-state index contributed by atoms with van der Waals surface area (Å²) in [6.07, 6.45) is 5.07. The number of rotatable bonds is 11. The highest BCUT2D eigenvalue weighted by atomic mass is 16.5. The summed E-state index contributed by atoms with van der Waals surface area (Å²) < 4.78 is 171. The highest BCUT2D eigenvalue weighted by Gasteiger charge is 2.26. The second-order valence-electron chi connectivity index (χ2n) is 25.8. The van der Waals surface area contributed by atoms with Crippen LogP contribution in [0, 0.1) is 13.2 Å². The molecular weight excluding hydrogens is 1090 g/mol. The molecule has 3 heterocycles. The summed E-state index contributed by atoms with van der Waals surface area (Å²) in [5.74, 6) is 0.996. The highest BCUT2D eigenvalue weighted by Crippen LogP contribution is 2.42. The Hall–Kier alpha value is -10.4. The Labute approximate surface area is 555 Å². The molecule has 0 fully saturated rings. The van der Waals surface area contributed by atoms with E-state index in [4.69, 9.17) is 28.9 Å². The number of nitrogens with zero attached hydrogens (tertiary/aromatic N) is 4. The Morgan fingerprint density at radius 3 is 1.67 bits per heavy atom. The maximum Gasteiger partial charge on any atom is 0.269 e. The van der Waals surface area contributed by atoms with Gasteiger partial charge in [0.05, 0.1) is 54.0 Å². The third-order valence-corrected chi connectivity index (χ3v) is 16.6. The first-order chi connectivity index (χ1) is 50.8. The molecule has 0 aliphatic heterocycles. The quantitative estimate of drug-likeness (QED) is 0.0956. The first-order valence-electron chi connectivity index (χ1n) is 38.9. The molecule has 0 aliphatic rings. The molecule has 0 radical (unpaired) electrons. The van der Waals surface area contributed by atoms with Crippen LogP contribution < -0.4 is 9.30 Å². The summed E-state index contributed by atoms with van der Waals surface area (Å²) in [7, 11) is 0. The number of imidazole rings is 1. The van der Waals surface area contributed by atoms with Gasteiger partial charge in [0.15, 0.2) is 0 Å². The van der Waals surface area contributed by atoms with Crippen molar-refractivity contribution in [1.29, 1.82) is 0 Å². The second-order valence-corrected chi connectivity index (χ2v) is 25.8. The Balaban J connectivity index is 1.01. The van der Waals surface area contributed by atoms with Crippen LogP contribution in [-0.2, 0) is 16.2 Å². The van der Waals surface area contributed by atoms with Crippen molar-refractivity contribution < 1.29 is 34.0 Å². The van der Waals surface area contributed by atoms with Crippen molar-refractivity contribution in [2.75, 3.05) is 0 Å². The van der Waals surface area contributed by atoms with E-state index in [-0.39, 0.29) is 61.0 Å². The van der Waals surface area contributed by atoms with Gasteiger partial charge < -0.3 is 4.74 Å². The van der Waals surface area contributed by atoms with Gasteiger partial charge in [-0.15, -0.1) is 0 Å². The van der Waals surface area contributed by atoms with Gasteiger partial charge in [0.2, 0.25) is 0 Å². The van der Waals surface area contributed by atoms with Gasteiger partial charge in [-0.05, 0) is 173 Å². The largest absolute Gasteiger partial charge is 0.458 e. The van der Waals surface area contributed by atoms with Crippen molar-refractivity contribution in [2.24, 2.45) is 0 Å². The Bertz CT molecular complexity index is 5900. The summed E-state index contributed by atoms with van der Waals surface area (Å²) in [6.45, 7) is 16.8. The lowest BCUT2D eigenvalue weighted by Crippen LogP contribution is -2.31. The zero-order valence-corrected chi connectivity index (χ0v) is 51.4. The maximum absolute atomic E-state index is 9.29. The van der Waals surface area contributed by atoms with Gasteiger partial charge in [0.25, 0.3) is 6.33 Å². The Kier molecular flexibility index (Phi) is 10.1. The molecule has 0 aliphatic carbocycles. The van der Waals surface area contributed by atoms with E-state index in [0.29, 0.717) is 56.1 Å². The SMILES string of the molecule is [2H]c1c([2H])c([2H])c(-c2cc(-c3cccc(-c4cccc(C(C)(C)C)c4)c3-[n+]3[c-]n(-c4cccc(Oc5ccc6c7ccccc7n(-c7cc(C([2H])([2H])[2H])c(-c8c([2H])c([2H])c([2H])c([2H])c8[2H])cn7)c6c5)c4)c4cc(-c5cc(C(C)(C)C)cc(C(C)(C)C)c5)ccc43)cc(-c3c([2H])c([2H])c([2H])c([2H])c3[2H])c2)c([2H])c1[2H]. The minimum absolute atomic E-state index is 0.126. The smallest absolute Gasteiger partial charge is 0.269 e. The van der Waals surface area contributed by atoms with Gasteiger partial charge in [0, 0.05) is 32.7 Å². The molecule has 14 aromatic rings. The van der Waals surface area contributed by atoms with Crippen molar-refractivity contribution in [3.05, 3.63) is 295 Å². The number of pyridine rings is 1. The zero-order valence-electron chi connectivity index (χ0n) is 69.4. The molecule has 11 aromatic carbocycles. The van der Waals surface area contributed by atoms with Gasteiger partial charge in [-0.25, -0.2) is 4.98 Å². The van der Waals surface area contributed by atoms with E-state index in [9.17, 15) is 5.48 Å². The van der Waals surface area contributed by atoms with E-state index in [0.717, 1.165) is 49.7 Å². The molecule has 5 heteroatoms. The number of hydrogen-bond acceptors (Lipinski definition) is 2. The second kappa shape index (κ2) is 22.7. The van der Waals surface area contributed by atoms with Crippen LogP contribution in [0.2, 0.25) is 0 Å². The molecule has 90 heavy (non-hydrogen) atoms. The molecule has 0 saturated heterocycles. The van der Waals surface area contributed by atoms with Crippen molar-refractivity contribution in [3.63, 3.8) is 0 Å². The fourth-order valence-corrected chi connectivity index (χ4v) is 11.8. The average molecular weight is 1190 g/mol. The van der Waals surface area contributed by atoms with Crippen LogP contribution in [0.25, 0.3) is 117 Å². The van der Waals surface area contributed by atoms with Crippen molar-refractivity contribution in [1.82, 2.24) is 14.1 Å². The van der Waals surface area contributed by atoms with Gasteiger partial charge >= 0.3 is 0 Å². The third kappa shape index (κ3) is 11.0. The summed E-state index contributed by atoms with van der Waals surface area (Å²) in [5, 5.41) is 1.60. The van der Waals surface area contributed by atoms with Crippen LogP contribution in [0.4, 0.5) is 0 Å². The first kappa shape index (κ1) is 40.2. The lowest BCUT2D eigenvalue weighted by molar-refractivity contribution is -0.571. The number of hydrogen-bond donors (Lipinski definition) is 0. The molecule has 0 unspecified atom stereocenters. The highest BCUT2D eigenvalue weighted by molar-refractivity contribution is 6.09. The number of benzene rings is 11. The monoisotopic (exact) mass is 1180 g/mol. The summed E-state index contributed by atoms with van der Waals surface area (Å²) in [6, 6.07) is 45.6. The summed E-state index contributed by atoms with van der Waals surface area (Å²) in [5.41, 5.74) is 10.1. The van der Waals surface area contributed by atoms with Gasteiger partial charge in [-0.2, -0.15) is 0 Å². The number of fused-ring (bicyclic) bond motifs is 4. The van der Waals surface area contributed by atoms with Crippen LogP contribution in [0.15, 0.2) is 267 Å². The molecule has 3 aromatic heterocycles. The van der Waals surface area contributed by atoms with Crippen molar-refractivity contribution in [3.8, 4) is 95.5 Å².